The topological polar surface area (TPSA) is 84.5 Å². The van der Waals surface area contributed by atoms with Crippen molar-refractivity contribution in [2.75, 3.05) is 17.1 Å². The number of anilines is 2. The van der Waals surface area contributed by atoms with Crippen LogP contribution in [-0.4, -0.2) is 21.4 Å². The number of methoxy groups -OCH3 is 1. The van der Waals surface area contributed by atoms with Gasteiger partial charge in [0, 0.05) is 11.3 Å². The van der Waals surface area contributed by atoms with E-state index in [0.29, 0.717) is 22.7 Å². The average molecular weight is 396 g/mol. The van der Waals surface area contributed by atoms with Gasteiger partial charge in [-0.25, -0.2) is 8.42 Å². The Morgan fingerprint density at radius 2 is 1.54 bits per heavy atom. The Labute approximate surface area is 164 Å². The molecule has 0 bridgehead atoms. The monoisotopic (exact) mass is 396 g/mol. The number of aryl methyl sites for hydroxylation is 1. The highest BCUT2D eigenvalue weighted by Crippen LogP contribution is 2.21. The standard InChI is InChI=1S/C21H20N2O4S/c1-15-5-3-4-6-20(15)23-28(25,26)19-13-9-17(10-14-19)22-21(24)16-7-11-18(27-2)12-8-16/h3-14,23H,1-2H3,(H,22,24). The second kappa shape index (κ2) is 8.14. The molecule has 6 nitrogen and oxygen atoms in total. The quantitative estimate of drug-likeness (QED) is 0.658. The first-order valence-corrected chi connectivity index (χ1v) is 10.0. The molecule has 3 rings (SSSR count). The Kier molecular flexibility index (Phi) is 5.65. The van der Waals surface area contributed by atoms with E-state index in [4.69, 9.17) is 4.74 Å². The van der Waals surface area contributed by atoms with Crippen molar-refractivity contribution in [3.05, 3.63) is 83.9 Å². The van der Waals surface area contributed by atoms with Crippen LogP contribution in [-0.2, 0) is 10.0 Å². The molecule has 3 aromatic carbocycles. The number of rotatable bonds is 6. The van der Waals surface area contributed by atoms with E-state index in [1.807, 2.05) is 19.1 Å². The zero-order valence-corrected chi connectivity index (χ0v) is 16.3. The maximum atomic E-state index is 12.6. The minimum atomic E-state index is -3.72. The fourth-order valence-corrected chi connectivity index (χ4v) is 3.68. The van der Waals surface area contributed by atoms with Gasteiger partial charge in [-0.2, -0.15) is 0 Å². The summed E-state index contributed by atoms with van der Waals surface area (Å²) < 4.78 is 32.8. The zero-order valence-electron chi connectivity index (χ0n) is 15.5. The van der Waals surface area contributed by atoms with Crippen LogP contribution < -0.4 is 14.8 Å². The number of carbonyl (C=O) groups excluding carboxylic acids is 1. The zero-order chi connectivity index (χ0) is 20.1. The molecule has 28 heavy (non-hydrogen) atoms. The van der Waals surface area contributed by atoms with Gasteiger partial charge in [0.25, 0.3) is 15.9 Å². The lowest BCUT2D eigenvalue weighted by Gasteiger charge is -2.11. The van der Waals surface area contributed by atoms with E-state index in [1.54, 1.807) is 55.6 Å². The molecule has 0 radical (unpaired) electrons. The maximum Gasteiger partial charge on any atom is 0.261 e. The van der Waals surface area contributed by atoms with Crippen molar-refractivity contribution in [2.24, 2.45) is 0 Å². The summed E-state index contributed by atoms with van der Waals surface area (Å²) >= 11 is 0. The summed E-state index contributed by atoms with van der Waals surface area (Å²) in [6.45, 7) is 1.83. The average Bonchev–Trinajstić information content (AvgIpc) is 2.70. The van der Waals surface area contributed by atoms with Crippen molar-refractivity contribution < 1.29 is 17.9 Å². The van der Waals surface area contributed by atoms with Gasteiger partial charge in [0.15, 0.2) is 0 Å². The van der Waals surface area contributed by atoms with Crippen molar-refractivity contribution in [3.63, 3.8) is 0 Å². The molecule has 0 heterocycles. The van der Waals surface area contributed by atoms with Gasteiger partial charge in [-0.1, -0.05) is 18.2 Å². The maximum absolute atomic E-state index is 12.6. The molecular weight excluding hydrogens is 376 g/mol. The minimum Gasteiger partial charge on any atom is -0.497 e. The summed E-state index contributed by atoms with van der Waals surface area (Å²) in [6.07, 6.45) is 0. The lowest BCUT2D eigenvalue weighted by Crippen LogP contribution is -2.14. The van der Waals surface area contributed by atoms with Crippen molar-refractivity contribution in [1.29, 1.82) is 0 Å². The Hall–Kier alpha value is -3.32. The molecule has 0 aliphatic heterocycles. The number of benzene rings is 3. The highest BCUT2D eigenvalue weighted by Gasteiger charge is 2.15. The predicted octanol–water partition coefficient (Wildman–Crippen LogP) is 4.06. The number of carbonyl (C=O) groups is 1. The molecule has 0 atom stereocenters. The van der Waals surface area contributed by atoms with E-state index in [0.717, 1.165) is 5.56 Å². The molecule has 0 spiro atoms. The van der Waals surface area contributed by atoms with E-state index in [2.05, 4.69) is 10.0 Å². The lowest BCUT2D eigenvalue weighted by molar-refractivity contribution is 0.102. The van der Waals surface area contributed by atoms with Crippen molar-refractivity contribution in [1.82, 2.24) is 0 Å². The molecule has 0 unspecified atom stereocenters. The third-order valence-electron chi connectivity index (χ3n) is 4.16. The van der Waals surface area contributed by atoms with Crippen LogP contribution in [0.25, 0.3) is 0 Å². The van der Waals surface area contributed by atoms with Crippen LogP contribution in [0.2, 0.25) is 0 Å². The smallest absolute Gasteiger partial charge is 0.261 e. The van der Waals surface area contributed by atoms with E-state index in [9.17, 15) is 13.2 Å². The van der Waals surface area contributed by atoms with E-state index < -0.39 is 10.0 Å². The molecule has 2 N–H and O–H groups in total. The predicted molar refractivity (Wildman–Crippen MR) is 109 cm³/mol. The van der Waals surface area contributed by atoms with Gasteiger partial charge in [-0.3, -0.25) is 9.52 Å². The van der Waals surface area contributed by atoms with Gasteiger partial charge >= 0.3 is 0 Å². The first kappa shape index (κ1) is 19.4. The molecule has 0 aliphatic rings. The molecule has 0 saturated heterocycles. The van der Waals surface area contributed by atoms with Crippen LogP contribution in [0, 0.1) is 6.92 Å². The summed E-state index contributed by atoms with van der Waals surface area (Å²) in [5.41, 5.74) is 2.32. The Morgan fingerprint density at radius 1 is 0.893 bits per heavy atom. The number of sulfonamides is 1. The van der Waals surface area contributed by atoms with Crippen LogP contribution >= 0.6 is 0 Å². The number of nitrogens with one attached hydrogen (secondary N) is 2. The first-order valence-electron chi connectivity index (χ1n) is 8.53. The highest BCUT2D eigenvalue weighted by atomic mass is 32.2. The van der Waals surface area contributed by atoms with Gasteiger partial charge in [0.1, 0.15) is 5.75 Å². The largest absolute Gasteiger partial charge is 0.497 e. The molecule has 7 heteroatoms. The van der Waals surface area contributed by atoms with Crippen LogP contribution in [0.4, 0.5) is 11.4 Å². The molecule has 144 valence electrons. The van der Waals surface area contributed by atoms with Gasteiger partial charge in [-0.05, 0) is 67.1 Å². The van der Waals surface area contributed by atoms with Gasteiger partial charge in [0.2, 0.25) is 0 Å². The summed E-state index contributed by atoms with van der Waals surface area (Å²) in [7, 11) is -2.16. The molecule has 0 aromatic heterocycles. The molecule has 0 fully saturated rings. The summed E-state index contributed by atoms with van der Waals surface area (Å²) in [4.78, 5) is 12.4. The second-order valence-corrected chi connectivity index (χ2v) is 7.81. The molecular formula is C21H20N2O4S. The number of amides is 1. The molecule has 3 aromatic rings. The van der Waals surface area contributed by atoms with Crippen LogP contribution in [0.3, 0.4) is 0 Å². The Morgan fingerprint density at radius 3 is 2.14 bits per heavy atom. The molecule has 0 saturated carbocycles. The van der Waals surface area contributed by atoms with Gasteiger partial charge < -0.3 is 10.1 Å². The summed E-state index contributed by atoms with van der Waals surface area (Å²) in [5, 5.41) is 2.74. The fraction of sp³-hybridized carbons (Fsp3) is 0.0952. The van der Waals surface area contributed by atoms with E-state index >= 15 is 0 Å². The van der Waals surface area contributed by atoms with Gasteiger partial charge in [-0.15, -0.1) is 0 Å². The van der Waals surface area contributed by atoms with Crippen molar-refractivity contribution in [3.8, 4) is 5.75 Å². The Bertz CT molecular complexity index is 1080. The van der Waals surface area contributed by atoms with Crippen molar-refractivity contribution in [2.45, 2.75) is 11.8 Å². The van der Waals surface area contributed by atoms with Crippen LogP contribution in [0.5, 0.6) is 5.75 Å². The van der Waals surface area contributed by atoms with Crippen molar-refractivity contribution >= 4 is 27.3 Å². The third kappa shape index (κ3) is 4.50. The number of para-hydroxylation sites is 1. The molecule has 1 amide bonds. The second-order valence-electron chi connectivity index (χ2n) is 6.13. The Balaban J connectivity index is 1.71. The summed E-state index contributed by atoms with van der Waals surface area (Å²) in [5.74, 6) is 0.364. The summed E-state index contributed by atoms with van der Waals surface area (Å²) in [6, 6.07) is 19.8. The van der Waals surface area contributed by atoms with Gasteiger partial charge in [0.05, 0.1) is 17.7 Å². The SMILES string of the molecule is COc1ccc(C(=O)Nc2ccc(S(=O)(=O)Nc3ccccc3C)cc2)cc1. The van der Waals surface area contributed by atoms with Crippen LogP contribution in [0.1, 0.15) is 15.9 Å². The normalized spacial score (nSPS) is 10.9. The minimum absolute atomic E-state index is 0.109. The lowest BCUT2D eigenvalue weighted by atomic mass is 10.2. The van der Waals surface area contributed by atoms with E-state index in [-0.39, 0.29) is 10.8 Å². The van der Waals surface area contributed by atoms with Crippen LogP contribution in [0.15, 0.2) is 77.7 Å². The van der Waals surface area contributed by atoms with E-state index in [1.165, 1.54) is 12.1 Å². The highest BCUT2D eigenvalue weighted by molar-refractivity contribution is 7.92. The number of hydrogen-bond acceptors (Lipinski definition) is 4. The fourth-order valence-electron chi connectivity index (χ4n) is 2.55. The third-order valence-corrected chi connectivity index (χ3v) is 5.55. The number of hydrogen-bond donors (Lipinski definition) is 2. The number of ether oxygens (including phenoxy) is 1. The molecule has 0 aliphatic carbocycles. The first-order chi connectivity index (χ1) is 13.4.